The normalized spacial score (nSPS) is 16.7. The molecule has 1 aliphatic rings. The molecule has 0 radical (unpaired) electrons. The Balaban J connectivity index is 1.99. The van der Waals surface area contributed by atoms with Crippen molar-refractivity contribution in [2.75, 3.05) is 17.6 Å². The maximum absolute atomic E-state index is 12.0. The van der Waals surface area contributed by atoms with Crippen LogP contribution in [0.25, 0.3) is 0 Å². The van der Waals surface area contributed by atoms with Crippen molar-refractivity contribution in [2.45, 2.75) is 43.9 Å². The fourth-order valence-electron chi connectivity index (χ4n) is 2.75. The number of hydrogen-bond acceptors (Lipinski definition) is 3. The van der Waals surface area contributed by atoms with Gasteiger partial charge < -0.3 is 5.32 Å². The van der Waals surface area contributed by atoms with Crippen molar-refractivity contribution in [2.24, 2.45) is 5.92 Å². The van der Waals surface area contributed by atoms with Crippen molar-refractivity contribution in [1.29, 1.82) is 0 Å². The lowest BCUT2D eigenvalue weighted by Crippen LogP contribution is -2.11. The van der Waals surface area contributed by atoms with Gasteiger partial charge in [-0.1, -0.05) is 44.7 Å². The number of anilines is 1. The van der Waals surface area contributed by atoms with E-state index in [1.165, 1.54) is 25.7 Å². The standard InChI is InChI=1S/C15H23NO2S/c1-2-19(17,18)15-10-6-5-9-14(15)16-12-11-13-7-3-4-8-13/h5-6,9-10,13,16H,2-4,7-8,11-12H2,1H3. The molecule has 1 N–H and O–H groups in total. The van der Waals surface area contributed by atoms with Crippen LogP contribution in [0.4, 0.5) is 5.69 Å². The van der Waals surface area contributed by atoms with Crippen LogP contribution in [0.5, 0.6) is 0 Å². The average Bonchev–Trinajstić information content (AvgIpc) is 2.92. The van der Waals surface area contributed by atoms with Crippen LogP contribution in [-0.2, 0) is 9.84 Å². The molecule has 1 aromatic carbocycles. The molecule has 0 atom stereocenters. The summed E-state index contributed by atoms with van der Waals surface area (Å²) >= 11 is 0. The third-order valence-electron chi connectivity index (χ3n) is 3.94. The quantitative estimate of drug-likeness (QED) is 0.868. The monoisotopic (exact) mass is 281 g/mol. The first-order valence-electron chi connectivity index (χ1n) is 7.19. The van der Waals surface area contributed by atoms with Crippen molar-refractivity contribution >= 4 is 15.5 Å². The average molecular weight is 281 g/mol. The van der Waals surface area contributed by atoms with Crippen LogP contribution in [0, 0.1) is 5.92 Å². The van der Waals surface area contributed by atoms with Crippen molar-refractivity contribution in [3.63, 3.8) is 0 Å². The van der Waals surface area contributed by atoms with Crippen molar-refractivity contribution < 1.29 is 8.42 Å². The predicted octanol–water partition coefficient (Wildman–Crippen LogP) is 3.47. The third-order valence-corrected chi connectivity index (χ3v) is 5.73. The van der Waals surface area contributed by atoms with Crippen LogP contribution in [0.2, 0.25) is 0 Å². The minimum absolute atomic E-state index is 0.147. The summed E-state index contributed by atoms with van der Waals surface area (Å²) < 4.78 is 24.0. The van der Waals surface area contributed by atoms with Gasteiger partial charge in [-0.2, -0.15) is 0 Å². The smallest absolute Gasteiger partial charge is 0.180 e. The van der Waals surface area contributed by atoms with Gasteiger partial charge in [-0.3, -0.25) is 0 Å². The van der Waals surface area contributed by atoms with E-state index in [4.69, 9.17) is 0 Å². The molecule has 0 spiro atoms. The molecule has 106 valence electrons. The second kappa shape index (κ2) is 6.42. The first-order chi connectivity index (χ1) is 9.13. The molecule has 3 nitrogen and oxygen atoms in total. The highest BCUT2D eigenvalue weighted by atomic mass is 32.2. The Bertz CT molecular complexity index is 505. The number of hydrogen-bond donors (Lipinski definition) is 1. The summed E-state index contributed by atoms with van der Waals surface area (Å²) in [6.45, 7) is 2.55. The summed E-state index contributed by atoms with van der Waals surface area (Å²) in [4.78, 5) is 0.434. The molecule has 0 unspecified atom stereocenters. The van der Waals surface area contributed by atoms with E-state index < -0.39 is 9.84 Å². The molecule has 0 amide bonds. The number of rotatable bonds is 6. The molecule has 4 heteroatoms. The number of nitrogens with one attached hydrogen (secondary N) is 1. The van der Waals surface area contributed by atoms with Crippen LogP contribution in [0.3, 0.4) is 0 Å². The largest absolute Gasteiger partial charge is 0.384 e. The van der Waals surface area contributed by atoms with E-state index in [2.05, 4.69) is 5.32 Å². The second-order valence-corrected chi connectivity index (χ2v) is 7.51. The van der Waals surface area contributed by atoms with Gasteiger partial charge in [0.1, 0.15) is 0 Å². The zero-order chi connectivity index (χ0) is 13.7. The molecule has 0 saturated heterocycles. The minimum Gasteiger partial charge on any atom is -0.384 e. The summed E-state index contributed by atoms with van der Waals surface area (Å²) in [6, 6.07) is 7.21. The van der Waals surface area contributed by atoms with Gasteiger partial charge in [0.05, 0.1) is 16.3 Å². The molecule has 1 aromatic rings. The van der Waals surface area contributed by atoms with Crippen molar-refractivity contribution in [1.82, 2.24) is 0 Å². The lowest BCUT2D eigenvalue weighted by molar-refractivity contribution is 0.518. The Hall–Kier alpha value is -1.03. The summed E-state index contributed by atoms with van der Waals surface area (Å²) in [5.41, 5.74) is 0.752. The van der Waals surface area contributed by atoms with Gasteiger partial charge in [0, 0.05) is 6.54 Å². The summed E-state index contributed by atoms with van der Waals surface area (Å²) in [6.07, 6.45) is 6.50. The van der Waals surface area contributed by atoms with E-state index in [1.54, 1.807) is 19.1 Å². The predicted molar refractivity (Wildman–Crippen MR) is 79.2 cm³/mol. The second-order valence-electron chi connectivity index (χ2n) is 5.27. The van der Waals surface area contributed by atoms with Gasteiger partial charge in [0.15, 0.2) is 9.84 Å². The Labute approximate surface area is 116 Å². The Morgan fingerprint density at radius 1 is 1.21 bits per heavy atom. The van der Waals surface area contributed by atoms with Crippen molar-refractivity contribution in [3.8, 4) is 0 Å². The van der Waals surface area contributed by atoms with E-state index in [0.29, 0.717) is 4.90 Å². The van der Waals surface area contributed by atoms with E-state index >= 15 is 0 Å². The summed E-state index contributed by atoms with van der Waals surface area (Å²) in [5.74, 6) is 0.969. The SMILES string of the molecule is CCS(=O)(=O)c1ccccc1NCCC1CCCC1. The van der Waals surface area contributed by atoms with Crippen LogP contribution in [0.1, 0.15) is 39.0 Å². The van der Waals surface area contributed by atoms with Gasteiger partial charge in [0.25, 0.3) is 0 Å². The maximum atomic E-state index is 12.0. The molecular formula is C15H23NO2S. The summed E-state index contributed by atoms with van der Waals surface area (Å²) in [5, 5.41) is 3.30. The van der Waals surface area contributed by atoms with Crippen LogP contribution < -0.4 is 5.32 Å². The highest BCUT2D eigenvalue weighted by Gasteiger charge is 2.17. The Kier molecular flexibility index (Phi) is 4.86. The molecule has 1 fully saturated rings. The van der Waals surface area contributed by atoms with Crippen LogP contribution in [0.15, 0.2) is 29.2 Å². The van der Waals surface area contributed by atoms with Gasteiger partial charge in [-0.15, -0.1) is 0 Å². The highest BCUT2D eigenvalue weighted by molar-refractivity contribution is 7.91. The van der Waals surface area contributed by atoms with E-state index in [0.717, 1.165) is 24.6 Å². The van der Waals surface area contributed by atoms with E-state index in [9.17, 15) is 8.42 Å². The first-order valence-corrected chi connectivity index (χ1v) is 8.84. The van der Waals surface area contributed by atoms with Gasteiger partial charge in [-0.25, -0.2) is 8.42 Å². The van der Waals surface area contributed by atoms with Gasteiger partial charge in [0.2, 0.25) is 0 Å². The topological polar surface area (TPSA) is 46.2 Å². The lowest BCUT2D eigenvalue weighted by Gasteiger charge is -2.13. The zero-order valence-electron chi connectivity index (χ0n) is 11.6. The molecular weight excluding hydrogens is 258 g/mol. The van der Waals surface area contributed by atoms with Crippen LogP contribution >= 0.6 is 0 Å². The minimum atomic E-state index is -3.14. The third kappa shape index (κ3) is 3.72. The van der Waals surface area contributed by atoms with E-state index in [1.807, 2.05) is 12.1 Å². The Morgan fingerprint density at radius 2 is 1.89 bits per heavy atom. The number of benzene rings is 1. The molecule has 0 bridgehead atoms. The molecule has 19 heavy (non-hydrogen) atoms. The molecule has 0 aliphatic heterocycles. The fourth-order valence-corrected chi connectivity index (χ4v) is 3.82. The van der Waals surface area contributed by atoms with Gasteiger partial charge in [-0.05, 0) is 24.5 Å². The number of para-hydroxylation sites is 1. The summed E-state index contributed by atoms with van der Waals surface area (Å²) in [7, 11) is -3.14. The molecule has 0 heterocycles. The maximum Gasteiger partial charge on any atom is 0.180 e. The zero-order valence-corrected chi connectivity index (χ0v) is 12.4. The fraction of sp³-hybridized carbons (Fsp3) is 0.600. The molecule has 0 aromatic heterocycles. The number of sulfone groups is 1. The molecule has 2 rings (SSSR count). The molecule has 1 saturated carbocycles. The lowest BCUT2D eigenvalue weighted by atomic mass is 10.0. The van der Waals surface area contributed by atoms with Gasteiger partial charge >= 0.3 is 0 Å². The Morgan fingerprint density at radius 3 is 2.58 bits per heavy atom. The van der Waals surface area contributed by atoms with Crippen molar-refractivity contribution in [3.05, 3.63) is 24.3 Å². The van der Waals surface area contributed by atoms with E-state index in [-0.39, 0.29) is 5.75 Å². The molecule has 1 aliphatic carbocycles. The first kappa shape index (κ1) is 14.4. The van der Waals surface area contributed by atoms with Crippen LogP contribution in [-0.4, -0.2) is 20.7 Å². The highest BCUT2D eigenvalue weighted by Crippen LogP contribution is 2.28.